The molecular formula is C13H15NO3. The van der Waals surface area contributed by atoms with Crippen molar-refractivity contribution in [3.63, 3.8) is 0 Å². The monoisotopic (exact) mass is 233 g/mol. The van der Waals surface area contributed by atoms with E-state index < -0.39 is 0 Å². The number of aromatic amines is 1. The van der Waals surface area contributed by atoms with E-state index >= 15 is 0 Å². The van der Waals surface area contributed by atoms with Crippen LogP contribution in [0.4, 0.5) is 0 Å². The summed E-state index contributed by atoms with van der Waals surface area (Å²) in [6, 6.07) is 5.54. The van der Waals surface area contributed by atoms with Gasteiger partial charge in [0.2, 0.25) is 0 Å². The second-order valence-corrected chi connectivity index (χ2v) is 3.89. The van der Waals surface area contributed by atoms with Gasteiger partial charge in [0, 0.05) is 18.2 Å². The van der Waals surface area contributed by atoms with Crippen molar-refractivity contribution in [1.29, 1.82) is 0 Å². The Balaban J connectivity index is 2.57. The van der Waals surface area contributed by atoms with E-state index in [4.69, 9.17) is 9.84 Å². The molecule has 0 saturated heterocycles. The number of aromatic nitrogens is 1. The molecule has 0 unspecified atom stereocenters. The summed E-state index contributed by atoms with van der Waals surface area (Å²) < 4.78 is 5.30. The van der Waals surface area contributed by atoms with Crippen LogP contribution >= 0.6 is 0 Å². The van der Waals surface area contributed by atoms with E-state index in [0.29, 0.717) is 18.2 Å². The molecule has 0 radical (unpaired) electrons. The summed E-state index contributed by atoms with van der Waals surface area (Å²) in [4.78, 5) is 14.3. The summed E-state index contributed by atoms with van der Waals surface area (Å²) in [5.41, 5.74) is 0.848. The zero-order valence-electron chi connectivity index (χ0n) is 9.69. The maximum absolute atomic E-state index is 11.7. The first kappa shape index (κ1) is 11.7. The van der Waals surface area contributed by atoms with Gasteiger partial charge >= 0.3 is 0 Å². The van der Waals surface area contributed by atoms with E-state index in [1.54, 1.807) is 13.3 Å². The van der Waals surface area contributed by atoms with Crippen molar-refractivity contribution in [2.24, 2.45) is 0 Å². The Hall–Kier alpha value is -1.81. The zero-order chi connectivity index (χ0) is 12.3. The van der Waals surface area contributed by atoms with Crippen LogP contribution in [0, 0.1) is 0 Å². The summed E-state index contributed by atoms with van der Waals surface area (Å²) in [5, 5.41) is 10.4. The SMILES string of the molecule is COc1cc2cc[nH]c(=O)c2cc1CCCO. The highest BCUT2D eigenvalue weighted by Crippen LogP contribution is 2.24. The number of methoxy groups -OCH3 is 1. The Labute approximate surface area is 98.9 Å². The lowest BCUT2D eigenvalue weighted by Crippen LogP contribution is -2.06. The Bertz CT molecular complexity index is 574. The van der Waals surface area contributed by atoms with Gasteiger partial charge in [-0.25, -0.2) is 0 Å². The van der Waals surface area contributed by atoms with Gasteiger partial charge < -0.3 is 14.8 Å². The molecule has 0 aliphatic heterocycles. The number of aliphatic hydroxyl groups excluding tert-OH is 1. The first-order valence-electron chi connectivity index (χ1n) is 5.55. The number of ether oxygens (including phenoxy) is 1. The minimum absolute atomic E-state index is 0.101. The molecule has 4 heteroatoms. The topological polar surface area (TPSA) is 62.3 Å². The van der Waals surface area contributed by atoms with E-state index in [1.807, 2.05) is 18.2 Å². The molecule has 0 bridgehead atoms. The molecular weight excluding hydrogens is 218 g/mol. The molecule has 0 aliphatic carbocycles. The van der Waals surface area contributed by atoms with Gasteiger partial charge in [-0.3, -0.25) is 4.79 Å². The molecule has 0 fully saturated rings. The standard InChI is InChI=1S/C13H15NO3/c1-17-12-8-9-4-5-14-13(16)11(9)7-10(12)3-2-6-15/h4-5,7-8,15H,2-3,6H2,1H3,(H,14,16). The van der Waals surface area contributed by atoms with Crippen molar-refractivity contribution in [3.8, 4) is 5.75 Å². The van der Waals surface area contributed by atoms with Crippen LogP contribution in [-0.2, 0) is 6.42 Å². The smallest absolute Gasteiger partial charge is 0.255 e. The number of pyridine rings is 1. The van der Waals surface area contributed by atoms with Crippen molar-refractivity contribution >= 4 is 10.8 Å². The van der Waals surface area contributed by atoms with Crippen molar-refractivity contribution in [2.75, 3.05) is 13.7 Å². The molecule has 1 aromatic carbocycles. The zero-order valence-corrected chi connectivity index (χ0v) is 9.69. The molecule has 1 aromatic heterocycles. The summed E-state index contributed by atoms with van der Waals surface area (Å²) in [6.07, 6.45) is 2.98. The van der Waals surface area contributed by atoms with Crippen molar-refractivity contribution in [3.05, 3.63) is 40.3 Å². The lowest BCUT2D eigenvalue weighted by molar-refractivity contribution is 0.288. The molecule has 2 N–H and O–H groups in total. The lowest BCUT2D eigenvalue weighted by atomic mass is 10.0. The minimum Gasteiger partial charge on any atom is -0.496 e. The maximum Gasteiger partial charge on any atom is 0.255 e. The molecule has 0 amide bonds. The van der Waals surface area contributed by atoms with Crippen LogP contribution in [0.1, 0.15) is 12.0 Å². The third-order valence-electron chi connectivity index (χ3n) is 2.78. The molecule has 1 heterocycles. The highest BCUT2D eigenvalue weighted by atomic mass is 16.5. The van der Waals surface area contributed by atoms with E-state index in [1.165, 1.54) is 0 Å². The lowest BCUT2D eigenvalue weighted by Gasteiger charge is -2.09. The fourth-order valence-corrected chi connectivity index (χ4v) is 1.91. The molecule has 0 aliphatic rings. The molecule has 4 nitrogen and oxygen atoms in total. The normalized spacial score (nSPS) is 10.7. The highest BCUT2D eigenvalue weighted by Gasteiger charge is 2.07. The molecule has 17 heavy (non-hydrogen) atoms. The third-order valence-corrected chi connectivity index (χ3v) is 2.78. The van der Waals surface area contributed by atoms with Crippen LogP contribution in [0.3, 0.4) is 0 Å². The largest absolute Gasteiger partial charge is 0.496 e. The van der Waals surface area contributed by atoms with Gasteiger partial charge in [0.25, 0.3) is 5.56 Å². The Morgan fingerprint density at radius 1 is 1.41 bits per heavy atom. The summed E-state index contributed by atoms with van der Waals surface area (Å²) in [6.45, 7) is 0.131. The van der Waals surface area contributed by atoms with Gasteiger partial charge in [-0.15, -0.1) is 0 Å². The average molecular weight is 233 g/mol. The van der Waals surface area contributed by atoms with Crippen molar-refractivity contribution < 1.29 is 9.84 Å². The van der Waals surface area contributed by atoms with Gasteiger partial charge in [-0.05, 0) is 42.0 Å². The Morgan fingerprint density at radius 2 is 2.24 bits per heavy atom. The van der Waals surface area contributed by atoms with Gasteiger partial charge in [0.05, 0.1) is 7.11 Å². The average Bonchev–Trinajstić information content (AvgIpc) is 2.36. The van der Waals surface area contributed by atoms with E-state index in [2.05, 4.69) is 4.98 Å². The predicted molar refractivity (Wildman–Crippen MR) is 66.5 cm³/mol. The minimum atomic E-state index is -0.101. The van der Waals surface area contributed by atoms with Gasteiger partial charge in [0.1, 0.15) is 5.75 Å². The number of hydrogen-bond acceptors (Lipinski definition) is 3. The molecule has 0 saturated carbocycles. The van der Waals surface area contributed by atoms with Gasteiger partial charge in [-0.1, -0.05) is 0 Å². The van der Waals surface area contributed by atoms with Crippen LogP contribution in [0.2, 0.25) is 0 Å². The number of benzene rings is 1. The molecule has 2 rings (SSSR count). The van der Waals surface area contributed by atoms with E-state index in [-0.39, 0.29) is 12.2 Å². The number of H-pyrrole nitrogens is 1. The Kier molecular flexibility index (Phi) is 3.44. The van der Waals surface area contributed by atoms with Crippen molar-refractivity contribution in [1.82, 2.24) is 4.98 Å². The number of nitrogens with one attached hydrogen (secondary N) is 1. The molecule has 0 spiro atoms. The molecule has 0 atom stereocenters. The number of hydrogen-bond donors (Lipinski definition) is 2. The van der Waals surface area contributed by atoms with Crippen LogP contribution in [0.25, 0.3) is 10.8 Å². The highest BCUT2D eigenvalue weighted by molar-refractivity contribution is 5.84. The fourth-order valence-electron chi connectivity index (χ4n) is 1.91. The van der Waals surface area contributed by atoms with Gasteiger partial charge in [-0.2, -0.15) is 0 Å². The second kappa shape index (κ2) is 5.01. The van der Waals surface area contributed by atoms with Gasteiger partial charge in [0.15, 0.2) is 0 Å². The van der Waals surface area contributed by atoms with E-state index in [0.717, 1.165) is 16.7 Å². The predicted octanol–water partition coefficient (Wildman–Crippen LogP) is 1.46. The third kappa shape index (κ3) is 2.31. The number of fused-ring (bicyclic) bond motifs is 1. The Morgan fingerprint density at radius 3 is 2.94 bits per heavy atom. The molecule has 90 valence electrons. The summed E-state index contributed by atoms with van der Waals surface area (Å²) in [7, 11) is 1.61. The van der Waals surface area contributed by atoms with Crippen LogP contribution in [0.5, 0.6) is 5.75 Å². The first-order chi connectivity index (χ1) is 8.26. The second-order valence-electron chi connectivity index (χ2n) is 3.89. The quantitative estimate of drug-likeness (QED) is 0.840. The number of rotatable bonds is 4. The molecule has 2 aromatic rings. The van der Waals surface area contributed by atoms with Crippen LogP contribution < -0.4 is 10.3 Å². The summed E-state index contributed by atoms with van der Waals surface area (Å²) in [5.74, 6) is 0.761. The fraction of sp³-hybridized carbons (Fsp3) is 0.308. The maximum atomic E-state index is 11.7. The van der Waals surface area contributed by atoms with E-state index in [9.17, 15) is 4.79 Å². The van der Waals surface area contributed by atoms with Crippen molar-refractivity contribution in [2.45, 2.75) is 12.8 Å². The van der Waals surface area contributed by atoms with Crippen LogP contribution in [0.15, 0.2) is 29.2 Å². The van der Waals surface area contributed by atoms with Crippen LogP contribution in [-0.4, -0.2) is 23.8 Å². The summed E-state index contributed by atoms with van der Waals surface area (Å²) >= 11 is 0. The number of aryl methyl sites for hydroxylation is 1. The number of aliphatic hydroxyl groups is 1. The first-order valence-corrected chi connectivity index (χ1v) is 5.55.